The highest BCUT2D eigenvalue weighted by molar-refractivity contribution is 5.36. The average molecular weight is 221 g/mol. The van der Waals surface area contributed by atoms with E-state index in [4.69, 9.17) is 4.74 Å². The largest absolute Gasteiger partial charge is 0.422 e. The van der Waals surface area contributed by atoms with Gasteiger partial charge in [-0.05, 0) is 17.3 Å². The zero-order valence-corrected chi connectivity index (χ0v) is 8.27. The number of nitrogens with zero attached hydrogens (tertiary/aromatic N) is 5. The molecular weight excluding hydrogens is 214 g/mol. The van der Waals surface area contributed by atoms with E-state index in [-0.39, 0.29) is 11.7 Å². The second-order valence-electron chi connectivity index (χ2n) is 2.91. The molecule has 0 aliphatic heterocycles. The van der Waals surface area contributed by atoms with Gasteiger partial charge < -0.3 is 4.74 Å². The summed E-state index contributed by atoms with van der Waals surface area (Å²) < 4.78 is 5.21. The van der Waals surface area contributed by atoms with Gasteiger partial charge in [-0.3, -0.25) is 10.1 Å². The van der Waals surface area contributed by atoms with Crippen LogP contribution in [0.1, 0.15) is 0 Å². The normalized spacial score (nSPS) is 10.1. The summed E-state index contributed by atoms with van der Waals surface area (Å²) >= 11 is 0. The zero-order valence-electron chi connectivity index (χ0n) is 8.27. The van der Waals surface area contributed by atoms with Gasteiger partial charge in [0.2, 0.25) is 0 Å². The van der Waals surface area contributed by atoms with Crippen molar-refractivity contribution in [1.29, 1.82) is 0 Å². The maximum absolute atomic E-state index is 10.4. The fourth-order valence-corrected chi connectivity index (χ4v) is 1.05. The number of tetrazole rings is 1. The van der Waals surface area contributed by atoms with Crippen LogP contribution in [0.25, 0.3) is 0 Å². The number of aromatic nitrogens is 4. The molecule has 1 aromatic carbocycles. The first-order chi connectivity index (χ1) is 7.65. The van der Waals surface area contributed by atoms with Crippen molar-refractivity contribution < 1.29 is 9.66 Å². The molecule has 1 aromatic heterocycles. The van der Waals surface area contributed by atoms with E-state index in [9.17, 15) is 10.1 Å². The number of non-ortho nitro benzene ring substituents is 1. The van der Waals surface area contributed by atoms with Crippen molar-refractivity contribution in [2.75, 3.05) is 0 Å². The molecule has 0 fully saturated rings. The third kappa shape index (κ3) is 2.11. The van der Waals surface area contributed by atoms with Gasteiger partial charge in [-0.1, -0.05) is 10.2 Å². The molecule has 8 heteroatoms. The zero-order chi connectivity index (χ0) is 11.5. The van der Waals surface area contributed by atoms with Crippen molar-refractivity contribution in [3.05, 3.63) is 34.4 Å². The Bertz CT molecular complexity index is 507. The second kappa shape index (κ2) is 3.93. The van der Waals surface area contributed by atoms with Crippen LogP contribution in [0, 0.1) is 10.1 Å². The number of rotatable bonds is 3. The molecule has 0 bridgehead atoms. The first-order valence-corrected chi connectivity index (χ1v) is 4.31. The highest BCUT2D eigenvalue weighted by Gasteiger charge is 2.07. The Balaban J connectivity index is 2.14. The van der Waals surface area contributed by atoms with E-state index in [1.165, 1.54) is 29.1 Å². The molecule has 0 saturated carbocycles. The molecule has 82 valence electrons. The van der Waals surface area contributed by atoms with Crippen LogP contribution < -0.4 is 4.74 Å². The molecule has 0 unspecified atom stereocenters. The number of aryl methyl sites for hydroxylation is 1. The summed E-state index contributed by atoms with van der Waals surface area (Å²) in [6, 6.07) is 5.71. The van der Waals surface area contributed by atoms with Crippen LogP contribution in [-0.4, -0.2) is 25.1 Å². The van der Waals surface area contributed by atoms with Crippen molar-refractivity contribution >= 4 is 5.69 Å². The third-order valence-electron chi connectivity index (χ3n) is 1.75. The Morgan fingerprint density at radius 1 is 1.38 bits per heavy atom. The molecule has 1 heterocycles. The minimum absolute atomic E-state index is 0.000505. The lowest BCUT2D eigenvalue weighted by molar-refractivity contribution is -0.384. The maximum Gasteiger partial charge on any atom is 0.361 e. The highest BCUT2D eigenvalue weighted by Crippen LogP contribution is 2.20. The monoisotopic (exact) mass is 221 g/mol. The quantitative estimate of drug-likeness (QED) is 0.564. The number of hydrogen-bond acceptors (Lipinski definition) is 6. The van der Waals surface area contributed by atoms with Gasteiger partial charge in [-0.15, -0.1) is 0 Å². The van der Waals surface area contributed by atoms with Crippen LogP contribution in [0.3, 0.4) is 0 Å². The topological polar surface area (TPSA) is 96.0 Å². The van der Waals surface area contributed by atoms with Gasteiger partial charge in [0.1, 0.15) is 5.75 Å². The Labute approximate surface area is 89.6 Å². The molecule has 0 aliphatic rings. The molecule has 2 aromatic rings. The van der Waals surface area contributed by atoms with E-state index in [1.807, 2.05) is 0 Å². The van der Waals surface area contributed by atoms with Gasteiger partial charge in [0, 0.05) is 12.1 Å². The summed E-state index contributed by atoms with van der Waals surface area (Å²) in [5, 5.41) is 21.4. The van der Waals surface area contributed by atoms with Crippen LogP contribution >= 0.6 is 0 Å². The Hall–Kier alpha value is -2.51. The smallest absolute Gasteiger partial charge is 0.361 e. The van der Waals surface area contributed by atoms with Crippen molar-refractivity contribution in [2.45, 2.75) is 0 Å². The molecule has 0 atom stereocenters. The second-order valence-corrected chi connectivity index (χ2v) is 2.91. The van der Waals surface area contributed by atoms with Crippen LogP contribution in [-0.2, 0) is 7.05 Å². The third-order valence-corrected chi connectivity index (χ3v) is 1.75. The fourth-order valence-electron chi connectivity index (χ4n) is 1.05. The van der Waals surface area contributed by atoms with Crippen molar-refractivity contribution in [1.82, 2.24) is 20.2 Å². The van der Waals surface area contributed by atoms with Crippen molar-refractivity contribution in [3.63, 3.8) is 0 Å². The Morgan fingerprint density at radius 3 is 2.56 bits per heavy atom. The number of nitro groups is 1. The maximum atomic E-state index is 10.4. The molecule has 0 radical (unpaired) electrons. The highest BCUT2D eigenvalue weighted by atomic mass is 16.6. The average Bonchev–Trinajstić information content (AvgIpc) is 2.65. The predicted octanol–water partition coefficient (Wildman–Crippen LogP) is 0.911. The summed E-state index contributed by atoms with van der Waals surface area (Å²) in [4.78, 5) is 11.2. The molecule has 2 rings (SSSR count). The van der Waals surface area contributed by atoms with Gasteiger partial charge in [0.05, 0.1) is 12.0 Å². The Kier molecular flexibility index (Phi) is 2.46. The van der Waals surface area contributed by atoms with E-state index < -0.39 is 4.92 Å². The van der Waals surface area contributed by atoms with Gasteiger partial charge in [0.15, 0.2) is 0 Å². The SMILES string of the molecule is Cn1nnc(Oc2ccc([N+](=O)[O-])cc2)n1. The number of ether oxygens (including phenoxy) is 1. The Morgan fingerprint density at radius 2 is 2.06 bits per heavy atom. The van der Waals surface area contributed by atoms with Crippen molar-refractivity contribution in [3.8, 4) is 11.8 Å². The number of nitro benzene ring substituents is 1. The van der Waals surface area contributed by atoms with Crippen LogP contribution in [0.2, 0.25) is 0 Å². The van der Waals surface area contributed by atoms with Gasteiger partial charge in [0.25, 0.3) is 5.69 Å². The first kappa shape index (κ1) is 10.0. The van der Waals surface area contributed by atoms with Crippen LogP contribution in [0.4, 0.5) is 5.69 Å². The fraction of sp³-hybridized carbons (Fsp3) is 0.125. The molecule has 0 aliphatic carbocycles. The summed E-state index contributed by atoms with van der Waals surface area (Å²) in [5.74, 6) is 0.415. The molecule has 0 N–H and O–H groups in total. The lowest BCUT2D eigenvalue weighted by Crippen LogP contribution is -1.92. The van der Waals surface area contributed by atoms with Crippen molar-refractivity contribution in [2.24, 2.45) is 7.05 Å². The molecular formula is C8H7N5O3. The van der Waals surface area contributed by atoms with Gasteiger partial charge in [-0.25, -0.2) is 0 Å². The summed E-state index contributed by atoms with van der Waals surface area (Å²) in [6.07, 6.45) is 0. The van der Waals surface area contributed by atoms with E-state index in [0.717, 1.165) is 0 Å². The van der Waals surface area contributed by atoms with E-state index in [2.05, 4.69) is 15.4 Å². The predicted molar refractivity (Wildman–Crippen MR) is 52.0 cm³/mol. The molecule has 16 heavy (non-hydrogen) atoms. The minimum atomic E-state index is -0.482. The van der Waals surface area contributed by atoms with E-state index in [0.29, 0.717) is 5.75 Å². The van der Waals surface area contributed by atoms with Gasteiger partial charge in [-0.2, -0.15) is 4.80 Å². The van der Waals surface area contributed by atoms with E-state index in [1.54, 1.807) is 7.05 Å². The molecule has 0 amide bonds. The number of benzene rings is 1. The molecule has 8 nitrogen and oxygen atoms in total. The summed E-state index contributed by atoms with van der Waals surface area (Å²) in [5.41, 5.74) is -0.000505. The van der Waals surface area contributed by atoms with Gasteiger partial charge >= 0.3 is 6.01 Å². The van der Waals surface area contributed by atoms with E-state index >= 15 is 0 Å². The van der Waals surface area contributed by atoms with Crippen LogP contribution in [0.15, 0.2) is 24.3 Å². The summed E-state index contributed by atoms with van der Waals surface area (Å²) in [6.45, 7) is 0. The number of hydrogen-bond donors (Lipinski definition) is 0. The lowest BCUT2D eigenvalue weighted by Gasteiger charge is -1.98. The molecule has 0 saturated heterocycles. The van der Waals surface area contributed by atoms with Crippen LogP contribution in [0.5, 0.6) is 11.8 Å². The lowest BCUT2D eigenvalue weighted by atomic mass is 10.3. The minimum Gasteiger partial charge on any atom is -0.422 e. The summed E-state index contributed by atoms with van der Waals surface area (Å²) in [7, 11) is 1.61. The standard InChI is InChI=1S/C8H7N5O3/c1-12-10-8(9-11-12)16-7-4-2-6(3-5-7)13(14)15/h2-5H,1H3. The first-order valence-electron chi connectivity index (χ1n) is 4.31. The molecule has 0 spiro atoms.